The number of nitrogens with two attached hydrogens (primary N) is 2. The molecule has 0 radical (unpaired) electrons. The number of hydrogen-bond acceptors (Lipinski definition) is 7. The molecule has 0 aliphatic rings. The van der Waals surface area contributed by atoms with E-state index in [2.05, 4.69) is 20.3 Å². The topological polar surface area (TPSA) is 120 Å². The number of anilines is 3. The van der Waals surface area contributed by atoms with E-state index in [9.17, 15) is 9.18 Å². The molecule has 1 heterocycles. The van der Waals surface area contributed by atoms with Gasteiger partial charge in [0.15, 0.2) is 5.16 Å². The van der Waals surface area contributed by atoms with Crippen molar-refractivity contribution in [3.63, 3.8) is 0 Å². The first kappa shape index (κ1) is 16.9. The van der Waals surface area contributed by atoms with Crippen LogP contribution in [0.2, 0.25) is 0 Å². The smallest absolute Gasteiger partial charge is 0.238 e. The van der Waals surface area contributed by atoms with E-state index < -0.39 is 5.25 Å². The normalized spacial score (nSPS) is 12.2. The molecule has 1 aromatic heterocycles. The number of rotatable bonds is 5. The Kier molecular flexibility index (Phi) is 5.32. The molecule has 9 heteroatoms. The minimum absolute atomic E-state index is 0.000312. The first-order valence-electron chi connectivity index (χ1n) is 6.85. The van der Waals surface area contributed by atoms with Crippen molar-refractivity contribution in [3.8, 4) is 0 Å². The number of aromatic nitrogens is 3. The summed E-state index contributed by atoms with van der Waals surface area (Å²) in [4.78, 5) is 24.1. The maximum Gasteiger partial charge on any atom is 0.238 e. The highest BCUT2D eigenvalue weighted by Crippen LogP contribution is 2.27. The minimum atomic E-state index is -0.471. The summed E-state index contributed by atoms with van der Waals surface area (Å²) in [6.07, 6.45) is 0. The summed E-state index contributed by atoms with van der Waals surface area (Å²) in [5, 5.41) is 2.55. The molecule has 23 heavy (non-hydrogen) atoms. The number of carbonyl (C=O) groups excluding carboxylic acids is 1. The van der Waals surface area contributed by atoms with Gasteiger partial charge >= 0.3 is 0 Å². The average molecular weight is 336 g/mol. The Morgan fingerprint density at radius 3 is 2.22 bits per heavy atom. The largest absolute Gasteiger partial charge is 0.368 e. The summed E-state index contributed by atoms with van der Waals surface area (Å²) >= 11 is 1.15. The van der Waals surface area contributed by atoms with E-state index in [-0.39, 0.29) is 34.7 Å². The lowest BCUT2D eigenvalue weighted by Crippen LogP contribution is -2.30. The Labute approximate surface area is 137 Å². The van der Waals surface area contributed by atoms with E-state index in [0.29, 0.717) is 5.69 Å². The third-order valence-corrected chi connectivity index (χ3v) is 4.26. The molecule has 122 valence electrons. The average Bonchev–Trinajstić information content (AvgIpc) is 2.45. The minimum Gasteiger partial charge on any atom is -0.368 e. The predicted molar refractivity (Wildman–Crippen MR) is 88.2 cm³/mol. The Morgan fingerprint density at radius 1 is 1.13 bits per heavy atom. The van der Waals surface area contributed by atoms with Crippen LogP contribution in [0.3, 0.4) is 0 Å². The zero-order valence-electron chi connectivity index (χ0n) is 12.7. The molecule has 0 saturated carbocycles. The van der Waals surface area contributed by atoms with Gasteiger partial charge in [-0.05, 0) is 30.2 Å². The van der Waals surface area contributed by atoms with Crippen LogP contribution in [0.5, 0.6) is 0 Å². The molecule has 2 aromatic rings. The Bertz CT molecular complexity index is 674. The Hall–Kier alpha value is -2.42. The van der Waals surface area contributed by atoms with Crippen molar-refractivity contribution in [2.75, 3.05) is 16.8 Å². The number of amides is 1. The summed E-state index contributed by atoms with van der Waals surface area (Å²) in [5.41, 5.74) is 11.6. The fourth-order valence-corrected chi connectivity index (χ4v) is 2.75. The van der Waals surface area contributed by atoms with Crippen LogP contribution in [0.25, 0.3) is 0 Å². The van der Waals surface area contributed by atoms with Crippen LogP contribution in [0.4, 0.5) is 22.0 Å². The van der Waals surface area contributed by atoms with Crippen LogP contribution < -0.4 is 16.8 Å². The molecule has 0 aliphatic heterocycles. The quantitative estimate of drug-likeness (QED) is 0.713. The van der Waals surface area contributed by atoms with Crippen molar-refractivity contribution in [2.45, 2.75) is 24.3 Å². The summed E-state index contributed by atoms with van der Waals surface area (Å²) < 4.78 is 12.9. The molecule has 1 atom stereocenters. The number of nitrogen functional groups attached to an aromatic ring is 2. The second kappa shape index (κ2) is 7.23. The molecule has 0 fully saturated rings. The molecule has 0 unspecified atom stereocenters. The molecule has 1 amide bonds. The molecule has 7 nitrogen and oxygen atoms in total. The van der Waals surface area contributed by atoms with E-state index in [1.807, 2.05) is 13.8 Å². The lowest BCUT2D eigenvalue weighted by atomic mass is 10.1. The maximum atomic E-state index is 12.9. The van der Waals surface area contributed by atoms with Gasteiger partial charge in [-0.25, -0.2) is 4.39 Å². The molecule has 0 aliphatic carbocycles. The highest BCUT2D eigenvalue weighted by Gasteiger charge is 2.25. The zero-order valence-corrected chi connectivity index (χ0v) is 13.5. The van der Waals surface area contributed by atoms with Gasteiger partial charge in [0.2, 0.25) is 17.8 Å². The fourth-order valence-electron chi connectivity index (χ4n) is 1.79. The van der Waals surface area contributed by atoms with Crippen LogP contribution in [0.15, 0.2) is 29.4 Å². The SMILES string of the molecule is CC(C)[C@H](Sc1nc(N)nc(N)n1)C(=O)Nc1ccc(F)cc1. The third-order valence-electron chi connectivity index (χ3n) is 2.86. The van der Waals surface area contributed by atoms with Gasteiger partial charge in [-0.15, -0.1) is 0 Å². The second-order valence-corrected chi connectivity index (χ2v) is 6.22. The number of thioether (sulfide) groups is 1. The van der Waals surface area contributed by atoms with Crippen molar-refractivity contribution in [3.05, 3.63) is 30.1 Å². The van der Waals surface area contributed by atoms with Crippen LogP contribution >= 0.6 is 11.8 Å². The molecule has 1 aromatic carbocycles. The van der Waals surface area contributed by atoms with Gasteiger partial charge in [-0.1, -0.05) is 25.6 Å². The lowest BCUT2D eigenvalue weighted by Gasteiger charge is -2.19. The van der Waals surface area contributed by atoms with E-state index in [4.69, 9.17) is 11.5 Å². The van der Waals surface area contributed by atoms with Gasteiger partial charge in [0, 0.05) is 5.69 Å². The molecule has 0 saturated heterocycles. The lowest BCUT2D eigenvalue weighted by molar-refractivity contribution is -0.116. The van der Waals surface area contributed by atoms with Crippen molar-refractivity contribution < 1.29 is 9.18 Å². The molecule has 0 bridgehead atoms. The summed E-state index contributed by atoms with van der Waals surface area (Å²) in [6.45, 7) is 3.80. The van der Waals surface area contributed by atoms with Crippen LogP contribution in [0.1, 0.15) is 13.8 Å². The second-order valence-electron chi connectivity index (χ2n) is 5.11. The first-order chi connectivity index (χ1) is 10.8. The van der Waals surface area contributed by atoms with E-state index >= 15 is 0 Å². The summed E-state index contributed by atoms with van der Waals surface area (Å²) in [7, 11) is 0. The first-order valence-corrected chi connectivity index (χ1v) is 7.73. The Balaban J connectivity index is 2.13. The third kappa shape index (κ3) is 4.78. The van der Waals surface area contributed by atoms with Crippen molar-refractivity contribution in [1.29, 1.82) is 0 Å². The van der Waals surface area contributed by atoms with Crippen molar-refractivity contribution in [1.82, 2.24) is 15.0 Å². The number of nitrogens with zero attached hydrogens (tertiary/aromatic N) is 3. The fraction of sp³-hybridized carbons (Fsp3) is 0.286. The van der Waals surface area contributed by atoms with Gasteiger partial charge in [-0.2, -0.15) is 15.0 Å². The van der Waals surface area contributed by atoms with E-state index in [1.54, 1.807) is 0 Å². The van der Waals surface area contributed by atoms with Crippen molar-refractivity contribution >= 4 is 35.3 Å². The maximum absolute atomic E-state index is 12.9. The standard InChI is InChI=1S/C14H17FN6OS/c1-7(2)10(23-14-20-12(16)19-13(17)21-14)11(22)18-9-5-3-8(15)4-6-9/h3-7,10H,1-2H3,(H,18,22)(H4,16,17,19,20,21)/t10-/m0/s1. The molecule has 5 N–H and O–H groups in total. The Morgan fingerprint density at radius 2 is 1.70 bits per heavy atom. The number of nitrogens with one attached hydrogen (secondary N) is 1. The van der Waals surface area contributed by atoms with Gasteiger partial charge in [0.25, 0.3) is 0 Å². The molecule has 0 spiro atoms. The van der Waals surface area contributed by atoms with Crippen molar-refractivity contribution in [2.24, 2.45) is 5.92 Å². The van der Waals surface area contributed by atoms with Gasteiger partial charge in [-0.3, -0.25) is 4.79 Å². The highest BCUT2D eigenvalue weighted by atomic mass is 32.2. The molecular formula is C14H17FN6OS. The number of halogens is 1. The summed E-state index contributed by atoms with van der Waals surface area (Å²) in [6, 6.07) is 5.55. The van der Waals surface area contributed by atoms with E-state index in [0.717, 1.165) is 11.8 Å². The number of carbonyl (C=O) groups is 1. The van der Waals surface area contributed by atoms with Gasteiger partial charge in [0.1, 0.15) is 5.82 Å². The molecule has 2 rings (SSSR count). The molecular weight excluding hydrogens is 319 g/mol. The van der Waals surface area contributed by atoms with Crippen LogP contribution in [-0.2, 0) is 4.79 Å². The zero-order chi connectivity index (χ0) is 17.0. The monoisotopic (exact) mass is 336 g/mol. The van der Waals surface area contributed by atoms with Gasteiger partial charge < -0.3 is 16.8 Å². The van der Waals surface area contributed by atoms with Crippen LogP contribution in [0, 0.1) is 11.7 Å². The number of hydrogen-bond donors (Lipinski definition) is 3. The summed E-state index contributed by atoms with van der Waals surface area (Å²) in [5.74, 6) is -0.606. The van der Waals surface area contributed by atoms with Crippen LogP contribution in [-0.4, -0.2) is 26.1 Å². The predicted octanol–water partition coefficient (Wildman–Crippen LogP) is 1.93. The van der Waals surface area contributed by atoms with E-state index in [1.165, 1.54) is 24.3 Å². The van der Waals surface area contributed by atoms with Gasteiger partial charge in [0.05, 0.1) is 5.25 Å². The highest BCUT2D eigenvalue weighted by molar-refractivity contribution is 8.00. The number of benzene rings is 1.